The fraction of sp³-hybridized carbons (Fsp3) is 0.250. The van der Waals surface area contributed by atoms with E-state index in [-0.39, 0.29) is 10.0 Å². The molecule has 0 saturated carbocycles. The molecular weight excluding hydrogens is 288 g/mol. The molecule has 2 aromatic rings. The normalized spacial score (nSPS) is 13.4. The van der Waals surface area contributed by atoms with E-state index in [4.69, 9.17) is 16.0 Å². The zero-order chi connectivity index (χ0) is 14.0. The Labute approximate surface area is 116 Å². The number of nitrogens with one attached hydrogen (secondary N) is 1. The lowest BCUT2D eigenvalue weighted by molar-refractivity contribution is 0.441. The summed E-state index contributed by atoms with van der Waals surface area (Å²) in [6, 6.07) is 5.73. The van der Waals surface area contributed by atoms with Gasteiger partial charge in [0.2, 0.25) is 10.0 Å². The molecule has 2 rings (SSSR count). The van der Waals surface area contributed by atoms with E-state index in [1.54, 1.807) is 26.0 Å². The molecule has 2 heterocycles. The minimum Gasteiger partial charge on any atom is -0.465 e. The fourth-order valence-electron chi connectivity index (χ4n) is 1.60. The van der Waals surface area contributed by atoms with Crippen LogP contribution in [-0.2, 0) is 10.0 Å². The smallest absolute Gasteiger partial charge is 0.241 e. The Kier molecular flexibility index (Phi) is 3.93. The summed E-state index contributed by atoms with van der Waals surface area (Å²) in [7, 11) is -3.66. The zero-order valence-corrected chi connectivity index (χ0v) is 12.0. The first-order valence-electron chi connectivity index (χ1n) is 5.59. The summed E-state index contributed by atoms with van der Waals surface area (Å²) in [5.41, 5.74) is 0. The fourth-order valence-corrected chi connectivity index (χ4v) is 3.06. The van der Waals surface area contributed by atoms with Crippen molar-refractivity contribution in [3.8, 4) is 0 Å². The number of pyridine rings is 1. The Bertz CT molecular complexity index is 682. The number of aryl methyl sites for hydroxylation is 1. The third-order valence-corrected chi connectivity index (χ3v) is 4.27. The lowest BCUT2D eigenvalue weighted by Crippen LogP contribution is -2.26. The van der Waals surface area contributed by atoms with Gasteiger partial charge in [0.15, 0.2) is 0 Å². The molecule has 0 aromatic carbocycles. The van der Waals surface area contributed by atoms with Gasteiger partial charge < -0.3 is 4.42 Å². The van der Waals surface area contributed by atoms with Crippen LogP contribution in [0.25, 0.3) is 0 Å². The molecule has 0 radical (unpaired) electrons. The summed E-state index contributed by atoms with van der Waals surface area (Å²) in [5, 5.41) is 0.129. The lowest BCUT2D eigenvalue weighted by Gasteiger charge is -2.12. The average Bonchev–Trinajstić information content (AvgIpc) is 2.75. The van der Waals surface area contributed by atoms with Gasteiger partial charge >= 0.3 is 0 Å². The molecule has 102 valence electrons. The first-order valence-corrected chi connectivity index (χ1v) is 7.45. The van der Waals surface area contributed by atoms with Crippen LogP contribution in [-0.4, -0.2) is 13.4 Å². The number of rotatable bonds is 4. The minimum absolute atomic E-state index is 0.0719. The number of sulfonamides is 1. The van der Waals surface area contributed by atoms with Crippen molar-refractivity contribution in [3.63, 3.8) is 0 Å². The van der Waals surface area contributed by atoms with Gasteiger partial charge in [-0.15, -0.1) is 0 Å². The van der Waals surface area contributed by atoms with Crippen molar-refractivity contribution in [1.82, 2.24) is 9.71 Å². The highest BCUT2D eigenvalue weighted by Gasteiger charge is 2.20. The first kappa shape index (κ1) is 14.0. The number of hydrogen-bond donors (Lipinski definition) is 1. The summed E-state index contributed by atoms with van der Waals surface area (Å²) in [5.74, 6) is 1.29. The van der Waals surface area contributed by atoms with E-state index < -0.39 is 16.1 Å². The second-order valence-electron chi connectivity index (χ2n) is 4.11. The van der Waals surface area contributed by atoms with Crippen LogP contribution in [0.15, 0.2) is 39.8 Å². The molecule has 19 heavy (non-hydrogen) atoms. The van der Waals surface area contributed by atoms with E-state index in [2.05, 4.69) is 9.71 Å². The molecule has 0 bridgehead atoms. The molecule has 7 heteroatoms. The summed E-state index contributed by atoms with van der Waals surface area (Å²) in [6.07, 6.45) is 1.35. The van der Waals surface area contributed by atoms with E-state index in [0.717, 1.165) is 5.76 Å². The van der Waals surface area contributed by atoms with E-state index >= 15 is 0 Å². The molecule has 1 N–H and O–H groups in total. The Morgan fingerprint density at radius 1 is 1.37 bits per heavy atom. The van der Waals surface area contributed by atoms with Gasteiger partial charge in [0.1, 0.15) is 16.7 Å². The monoisotopic (exact) mass is 300 g/mol. The van der Waals surface area contributed by atoms with Crippen molar-refractivity contribution in [3.05, 3.63) is 47.1 Å². The Morgan fingerprint density at radius 2 is 2.11 bits per heavy atom. The minimum atomic E-state index is -3.66. The van der Waals surface area contributed by atoms with Crippen molar-refractivity contribution in [2.45, 2.75) is 24.8 Å². The first-order chi connectivity index (χ1) is 8.88. The van der Waals surface area contributed by atoms with E-state index in [9.17, 15) is 8.42 Å². The third kappa shape index (κ3) is 3.34. The molecule has 0 aliphatic heterocycles. The van der Waals surface area contributed by atoms with E-state index in [1.165, 1.54) is 18.3 Å². The van der Waals surface area contributed by atoms with Crippen molar-refractivity contribution >= 4 is 21.6 Å². The van der Waals surface area contributed by atoms with Crippen LogP contribution in [0.5, 0.6) is 0 Å². The number of aromatic nitrogens is 1. The quantitative estimate of drug-likeness (QED) is 0.881. The van der Waals surface area contributed by atoms with Crippen LogP contribution in [0.3, 0.4) is 0 Å². The van der Waals surface area contributed by atoms with Gasteiger partial charge in [-0.05, 0) is 38.1 Å². The van der Waals surface area contributed by atoms with Crippen LogP contribution in [0.2, 0.25) is 5.15 Å². The largest absolute Gasteiger partial charge is 0.465 e. The highest BCUT2D eigenvalue weighted by atomic mass is 35.5. The van der Waals surface area contributed by atoms with Gasteiger partial charge in [-0.1, -0.05) is 11.6 Å². The topological polar surface area (TPSA) is 72.2 Å². The van der Waals surface area contributed by atoms with Crippen molar-refractivity contribution in [2.24, 2.45) is 0 Å². The third-order valence-electron chi connectivity index (χ3n) is 2.53. The van der Waals surface area contributed by atoms with Crippen LogP contribution in [0, 0.1) is 6.92 Å². The standard InChI is InChI=1S/C12H13ClN2O3S/c1-8-3-4-11(18-8)9(2)15-19(16,17)10-5-6-14-12(13)7-10/h3-7,9,15H,1-2H3. The summed E-state index contributed by atoms with van der Waals surface area (Å²) < 4.78 is 32.2. The molecule has 0 aliphatic rings. The van der Waals surface area contributed by atoms with Gasteiger partial charge in [0, 0.05) is 6.20 Å². The molecule has 0 amide bonds. The lowest BCUT2D eigenvalue weighted by atomic mass is 10.3. The van der Waals surface area contributed by atoms with Crippen LogP contribution in [0.1, 0.15) is 24.5 Å². The molecule has 0 aliphatic carbocycles. The van der Waals surface area contributed by atoms with Gasteiger partial charge in [0.25, 0.3) is 0 Å². The van der Waals surface area contributed by atoms with Crippen molar-refractivity contribution < 1.29 is 12.8 Å². The predicted molar refractivity (Wildman–Crippen MR) is 71.4 cm³/mol. The SMILES string of the molecule is Cc1ccc(C(C)NS(=O)(=O)c2ccnc(Cl)c2)o1. The maximum atomic E-state index is 12.1. The van der Waals surface area contributed by atoms with Crippen molar-refractivity contribution in [2.75, 3.05) is 0 Å². The number of hydrogen-bond acceptors (Lipinski definition) is 4. The molecule has 0 saturated heterocycles. The van der Waals surface area contributed by atoms with Crippen LogP contribution >= 0.6 is 11.6 Å². The number of furan rings is 1. The van der Waals surface area contributed by atoms with Crippen LogP contribution < -0.4 is 4.72 Å². The highest BCUT2D eigenvalue weighted by Crippen LogP contribution is 2.19. The second kappa shape index (κ2) is 5.32. The highest BCUT2D eigenvalue weighted by molar-refractivity contribution is 7.89. The molecule has 5 nitrogen and oxygen atoms in total. The summed E-state index contributed by atoms with van der Waals surface area (Å²) in [4.78, 5) is 3.82. The van der Waals surface area contributed by atoms with Gasteiger partial charge in [-0.25, -0.2) is 18.1 Å². The molecule has 1 atom stereocenters. The van der Waals surface area contributed by atoms with Gasteiger partial charge in [-0.3, -0.25) is 0 Å². The molecule has 0 spiro atoms. The van der Waals surface area contributed by atoms with E-state index in [1.807, 2.05) is 0 Å². The summed E-state index contributed by atoms with van der Waals surface area (Å²) in [6.45, 7) is 3.51. The second-order valence-corrected chi connectivity index (χ2v) is 6.21. The maximum absolute atomic E-state index is 12.1. The summed E-state index contributed by atoms with van der Waals surface area (Å²) >= 11 is 5.69. The van der Waals surface area contributed by atoms with Gasteiger partial charge in [-0.2, -0.15) is 0 Å². The maximum Gasteiger partial charge on any atom is 0.241 e. The Morgan fingerprint density at radius 3 is 2.68 bits per heavy atom. The predicted octanol–water partition coefficient (Wildman–Crippen LogP) is 2.68. The van der Waals surface area contributed by atoms with Crippen LogP contribution in [0.4, 0.5) is 0 Å². The molecular formula is C12H13ClN2O3S. The van der Waals surface area contributed by atoms with Crippen molar-refractivity contribution in [1.29, 1.82) is 0 Å². The Hall–Kier alpha value is -1.37. The molecule has 1 unspecified atom stereocenters. The Balaban J connectivity index is 2.22. The number of halogens is 1. The molecule has 0 fully saturated rings. The average molecular weight is 301 g/mol. The zero-order valence-electron chi connectivity index (χ0n) is 10.4. The van der Waals surface area contributed by atoms with Gasteiger partial charge in [0.05, 0.1) is 10.9 Å². The number of nitrogens with zero attached hydrogens (tertiary/aromatic N) is 1. The van der Waals surface area contributed by atoms with E-state index in [0.29, 0.717) is 5.76 Å². The molecule has 2 aromatic heterocycles.